The number of nitrogens with one attached hydrogen (secondary N) is 1. The lowest BCUT2D eigenvalue weighted by Crippen LogP contribution is -2.23. The van der Waals surface area contributed by atoms with Crippen molar-refractivity contribution in [3.8, 4) is 11.5 Å². The molecule has 0 unspecified atom stereocenters. The molecule has 0 atom stereocenters. The lowest BCUT2D eigenvalue weighted by Gasteiger charge is -2.12. The fraction of sp³-hybridized carbons (Fsp3) is 0.188. The fourth-order valence-electron chi connectivity index (χ4n) is 1.89. The van der Waals surface area contributed by atoms with Gasteiger partial charge < -0.3 is 20.5 Å². The molecule has 0 fully saturated rings. The number of nitrogens with two attached hydrogens (primary N) is 1. The molecule has 2 aromatic rings. The molecular weight excluding hydrogens is 285 g/mol. The number of methoxy groups -OCH3 is 2. The second-order valence-electron chi connectivity index (χ2n) is 4.48. The second kappa shape index (κ2) is 7.31. The normalized spacial score (nSPS) is 11.1. The molecule has 0 aromatic heterocycles. The van der Waals surface area contributed by atoms with Crippen molar-refractivity contribution in [1.82, 2.24) is 0 Å². The Morgan fingerprint density at radius 3 is 2.64 bits per heavy atom. The van der Waals surface area contributed by atoms with Gasteiger partial charge in [0.25, 0.3) is 0 Å². The van der Waals surface area contributed by atoms with Crippen molar-refractivity contribution in [2.45, 2.75) is 6.54 Å². The standard InChI is InChI=1S/C16H18FN3O2/c1-21-12-7-8-15(22-2)14(9-12)20-16(18)19-10-11-5-3-4-6-13(11)17/h3-9H,10H2,1-2H3,(H3,18,19,20). The molecule has 0 saturated carbocycles. The zero-order chi connectivity index (χ0) is 15.9. The van der Waals surface area contributed by atoms with Crippen LogP contribution in [0.5, 0.6) is 11.5 Å². The van der Waals surface area contributed by atoms with Crippen LogP contribution in [0, 0.1) is 5.82 Å². The van der Waals surface area contributed by atoms with E-state index in [1.54, 1.807) is 50.6 Å². The van der Waals surface area contributed by atoms with Crippen LogP contribution in [-0.2, 0) is 6.54 Å². The Bertz CT molecular complexity index is 674. The molecule has 0 spiro atoms. The fourth-order valence-corrected chi connectivity index (χ4v) is 1.89. The van der Waals surface area contributed by atoms with Gasteiger partial charge in [0.1, 0.15) is 17.3 Å². The largest absolute Gasteiger partial charge is 0.497 e. The third-order valence-corrected chi connectivity index (χ3v) is 3.05. The summed E-state index contributed by atoms with van der Waals surface area (Å²) in [5, 5.41) is 2.93. The predicted molar refractivity (Wildman–Crippen MR) is 84.9 cm³/mol. The Morgan fingerprint density at radius 2 is 1.95 bits per heavy atom. The first-order chi connectivity index (χ1) is 10.6. The van der Waals surface area contributed by atoms with Crippen LogP contribution in [0.15, 0.2) is 47.5 Å². The quantitative estimate of drug-likeness (QED) is 0.658. The van der Waals surface area contributed by atoms with Crippen molar-refractivity contribution >= 4 is 11.6 Å². The van der Waals surface area contributed by atoms with Gasteiger partial charge in [0.15, 0.2) is 5.96 Å². The third kappa shape index (κ3) is 3.88. The van der Waals surface area contributed by atoms with E-state index in [1.165, 1.54) is 6.07 Å². The van der Waals surface area contributed by atoms with Crippen LogP contribution < -0.4 is 20.5 Å². The molecule has 6 heteroatoms. The van der Waals surface area contributed by atoms with Crippen LogP contribution >= 0.6 is 0 Å². The molecule has 0 radical (unpaired) electrons. The smallest absolute Gasteiger partial charge is 0.193 e. The Labute approximate surface area is 128 Å². The number of hydrogen-bond acceptors (Lipinski definition) is 3. The van der Waals surface area contributed by atoms with Gasteiger partial charge in [-0.2, -0.15) is 0 Å². The lowest BCUT2D eigenvalue weighted by molar-refractivity contribution is 0.405. The summed E-state index contributed by atoms with van der Waals surface area (Å²) < 4.78 is 23.9. The number of halogens is 1. The summed E-state index contributed by atoms with van der Waals surface area (Å²) in [5.74, 6) is 1.11. The summed E-state index contributed by atoms with van der Waals surface area (Å²) in [7, 11) is 3.13. The molecule has 0 heterocycles. The van der Waals surface area contributed by atoms with Gasteiger partial charge in [-0.05, 0) is 18.2 Å². The number of benzene rings is 2. The molecule has 0 saturated heterocycles. The minimum Gasteiger partial charge on any atom is -0.497 e. The number of ether oxygens (including phenoxy) is 2. The van der Waals surface area contributed by atoms with Crippen LogP contribution in [0.25, 0.3) is 0 Å². The highest BCUT2D eigenvalue weighted by Gasteiger charge is 2.06. The summed E-state index contributed by atoms with van der Waals surface area (Å²) in [6, 6.07) is 11.7. The van der Waals surface area contributed by atoms with Crippen molar-refractivity contribution in [1.29, 1.82) is 0 Å². The van der Waals surface area contributed by atoms with E-state index in [0.29, 0.717) is 22.7 Å². The molecule has 0 aliphatic carbocycles. The van der Waals surface area contributed by atoms with E-state index in [9.17, 15) is 4.39 Å². The highest BCUT2D eigenvalue weighted by Crippen LogP contribution is 2.28. The molecule has 0 amide bonds. The number of guanidine groups is 1. The Hall–Kier alpha value is -2.76. The topological polar surface area (TPSA) is 68.9 Å². The molecule has 0 aliphatic heterocycles. The maximum atomic E-state index is 13.5. The van der Waals surface area contributed by atoms with Gasteiger partial charge in [0, 0.05) is 11.6 Å². The van der Waals surface area contributed by atoms with E-state index in [4.69, 9.17) is 15.2 Å². The van der Waals surface area contributed by atoms with Gasteiger partial charge in [0.2, 0.25) is 0 Å². The molecule has 2 rings (SSSR count). The van der Waals surface area contributed by atoms with E-state index < -0.39 is 0 Å². The van der Waals surface area contributed by atoms with Gasteiger partial charge in [0.05, 0.1) is 26.5 Å². The number of hydrogen-bond donors (Lipinski definition) is 2. The van der Waals surface area contributed by atoms with Gasteiger partial charge in [-0.15, -0.1) is 0 Å². The maximum absolute atomic E-state index is 13.5. The molecular formula is C16H18FN3O2. The number of nitrogens with zero attached hydrogens (tertiary/aromatic N) is 1. The predicted octanol–water partition coefficient (Wildman–Crippen LogP) is 2.77. The van der Waals surface area contributed by atoms with Crippen LogP contribution in [0.3, 0.4) is 0 Å². The highest BCUT2D eigenvalue weighted by atomic mass is 19.1. The SMILES string of the molecule is COc1ccc(OC)c(NC(N)=NCc2ccccc2F)c1. The first-order valence-corrected chi connectivity index (χ1v) is 6.66. The minimum atomic E-state index is -0.307. The average molecular weight is 303 g/mol. The molecule has 3 N–H and O–H groups in total. The number of rotatable bonds is 5. The first kappa shape index (κ1) is 15.6. The van der Waals surface area contributed by atoms with E-state index in [0.717, 1.165) is 0 Å². The highest BCUT2D eigenvalue weighted by molar-refractivity contribution is 5.94. The molecule has 0 aliphatic rings. The summed E-state index contributed by atoms with van der Waals surface area (Å²) in [6.07, 6.45) is 0. The molecule has 2 aromatic carbocycles. The minimum absolute atomic E-state index is 0.151. The van der Waals surface area contributed by atoms with Crippen LogP contribution in [0.4, 0.5) is 10.1 Å². The van der Waals surface area contributed by atoms with Crippen LogP contribution in [0.1, 0.15) is 5.56 Å². The number of anilines is 1. The molecule has 22 heavy (non-hydrogen) atoms. The Morgan fingerprint density at radius 1 is 1.18 bits per heavy atom. The average Bonchev–Trinajstić information content (AvgIpc) is 2.54. The summed E-state index contributed by atoms with van der Waals surface area (Å²) in [6.45, 7) is 0.151. The lowest BCUT2D eigenvalue weighted by atomic mass is 10.2. The van der Waals surface area contributed by atoms with E-state index in [2.05, 4.69) is 10.3 Å². The van der Waals surface area contributed by atoms with Crippen molar-refractivity contribution in [2.75, 3.05) is 19.5 Å². The van der Waals surface area contributed by atoms with E-state index >= 15 is 0 Å². The zero-order valence-electron chi connectivity index (χ0n) is 12.5. The summed E-state index contributed by atoms with van der Waals surface area (Å²) in [4.78, 5) is 4.13. The van der Waals surface area contributed by atoms with Gasteiger partial charge in [-0.1, -0.05) is 18.2 Å². The van der Waals surface area contributed by atoms with Gasteiger partial charge in [-0.25, -0.2) is 9.38 Å². The van der Waals surface area contributed by atoms with E-state index in [1.807, 2.05) is 0 Å². The zero-order valence-corrected chi connectivity index (χ0v) is 12.5. The first-order valence-electron chi connectivity index (χ1n) is 6.66. The van der Waals surface area contributed by atoms with Crippen LogP contribution in [0.2, 0.25) is 0 Å². The van der Waals surface area contributed by atoms with Crippen LogP contribution in [-0.4, -0.2) is 20.2 Å². The number of aliphatic imine (C=N–C) groups is 1. The monoisotopic (exact) mass is 303 g/mol. The van der Waals surface area contributed by atoms with E-state index in [-0.39, 0.29) is 18.3 Å². The Balaban J connectivity index is 2.12. The Kier molecular flexibility index (Phi) is 5.19. The summed E-state index contributed by atoms with van der Waals surface area (Å²) >= 11 is 0. The second-order valence-corrected chi connectivity index (χ2v) is 4.48. The van der Waals surface area contributed by atoms with Crippen molar-refractivity contribution < 1.29 is 13.9 Å². The molecule has 5 nitrogen and oxygen atoms in total. The van der Waals surface area contributed by atoms with Crippen molar-refractivity contribution in [3.05, 3.63) is 53.8 Å². The molecule has 0 bridgehead atoms. The van der Waals surface area contributed by atoms with Gasteiger partial charge >= 0.3 is 0 Å². The third-order valence-electron chi connectivity index (χ3n) is 3.05. The maximum Gasteiger partial charge on any atom is 0.193 e. The van der Waals surface area contributed by atoms with Crippen molar-refractivity contribution in [3.63, 3.8) is 0 Å². The van der Waals surface area contributed by atoms with Crippen molar-refractivity contribution in [2.24, 2.45) is 10.7 Å². The molecule has 116 valence electrons. The van der Waals surface area contributed by atoms with Gasteiger partial charge in [-0.3, -0.25) is 0 Å². The summed E-state index contributed by atoms with van der Waals surface area (Å²) in [5.41, 5.74) is 6.94.